The smallest absolute Gasteiger partial charge is 0.253 e. The lowest BCUT2D eigenvalue weighted by molar-refractivity contribution is -0.131. The van der Waals surface area contributed by atoms with Gasteiger partial charge in [-0.3, -0.25) is 14.9 Å². The van der Waals surface area contributed by atoms with Gasteiger partial charge in [-0.05, 0) is 48.4 Å². The molecule has 7 heteroatoms. The van der Waals surface area contributed by atoms with Gasteiger partial charge in [0.25, 0.3) is 5.91 Å². The summed E-state index contributed by atoms with van der Waals surface area (Å²) in [6.07, 6.45) is 0.375. The van der Waals surface area contributed by atoms with Gasteiger partial charge in [-0.1, -0.05) is 12.1 Å². The first-order valence-corrected chi connectivity index (χ1v) is 10.2. The molecule has 7 nitrogen and oxygen atoms in total. The molecule has 2 aromatic carbocycles. The van der Waals surface area contributed by atoms with Crippen LogP contribution in [0.15, 0.2) is 48.5 Å². The molecule has 2 saturated heterocycles. The van der Waals surface area contributed by atoms with E-state index in [1.165, 1.54) is 0 Å². The van der Waals surface area contributed by atoms with Crippen LogP contribution in [0, 0.1) is 5.92 Å². The van der Waals surface area contributed by atoms with Crippen LogP contribution >= 0.6 is 0 Å². The van der Waals surface area contributed by atoms with E-state index in [0.717, 1.165) is 17.0 Å². The Labute approximate surface area is 177 Å². The molecule has 2 amide bonds. The topological polar surface area (TPSA) is 73.9 Å². The molecule has 0 bridgehead atoms. The highest BCUT2D eigenvalue weighted by atomic mass is 16.5. The summed E-state index contributed by atoms with van der Waals surface area (Å²) in [6, 6.07) is 15.2. The van der Waals surface area contributed by atoms with E-state index in [4.69, 9.17) is 4.74 Å². The van der Waals surface area contributed by atoms with Crippen molar-refractivity contribution in [3.05, 3.63) is 59.7 Å². The third kappa shape index (κ3) is 3.98. The fraction of sp³-hybridized carbons (Fsp3) is 0.391. The number of nitrogens with zero attached hydrogens (tertiary/aromatic N) is 2. The summed E-state index contributed by atoms with van der Waals surface area (Å²) in [5, 5.41) is 6.59. The Balaban J connectivity index is 1.46. The minimum atomic E-state index is -0.279. The standard InChI is InChI=1S/C23H28N4O3/c1-26(2)17-8-4-16(5-9-17)23(29)27-13-12-19-20(14-27)24-21(25-22(19)28)15-6-10-18(30-3)11-7-15/h4-11,19-21,24H,12-14H2,1-3H3,(H,25,28). The number of likely N-dealkylation sites (tertiary alicyclic amines) is 1. The lowest BCUT2D eigenvalue weighted by Crippen LogP contribution is -2.63. The summed E-state index contributed by atoms with van der Waals surface area (Å²) in [4.78, 5) is 29.6. The van der Waals surface area contributed by atoms with E-state index >= 15 is 0 Å². The monoisotopic (exact) mass is 408 g/mol. The first-order chi connectivity index (χ1) is 14.5. The van der Waals surface area contributed by atoms with Gasteiger partial charge in [0, 0.05) is 44.5 Å². The van der Waals surface area contributed by atoms with Crippen molar-refractivity contribution < 1.29 is 14.3 Å². The molecule has 4 rings (SSSR count). The van der Waals surface area contributed by atoms with Gasteiger partial charge in [0.15, 0.2) is 0 Å². The maximum absolute atomic E-state index is 13.0. The number of carbonyl (C=O) groups is 2. The van der Waals surface area contributed by atoms with Gasteiger partial charge in [0.1, 0.15) is 11.9 Å². The van der Waals surface area contributed by atoms with Gasteiger partial charge >= 0.3 is 0 Å². The van der Waals surface area contributed by atoms with Crippen LogP contribution in [0.1, 0.15) is 28.5 Å². The number of nitrogens with one attached hydrogen (secondary N) is 2. The largest absolute Gasteiger partial charge is 0.497 e. The fourth-order valence-electron chi connectivity index (χ4n) is 4.18. The van der Waals surface area contributed by atoms with Gasteiger partial charge in [-0.2, -0.15) is 0 Å². The van der Waals surface area contributed by atoms with Gasteiger partial charge in [0.2, 0.25) is 5.91 Å². The molecule has 0 aromatic heterocycles. The summed E-state index contributed by atoms with van der Waals surface area (Å²) < 4.78 is 5.21. The molecule has 2 fully saturated rings. The molecule has 2 aliphatic heterocycles. The summed E-state index contributed by atoms with van der Waals surface area (Å²) >= 11 is 0. The van der Waals surface area contributed by atoms with Crippen LogP contribution in [0.2, 0.25) is 0 Å². The van der Waals surface area contributed by atoms with E-state index in [1.807, 2.05) is 72.4 Å². The molecule has 0 aliphatic carbocycles. The molecule has 2 aliphatic rings. The number of ether oxygens (including phenoxy) is 1. The minimum Gasteiger partial charge on any atom is -0.497 e. The number of piperidine rings is 1. The van der Waals surface area contributed by atoms with Crippen molar-refractivity contribution in [2.45, 2.75) is 18.6 Å². The quantitative estimate of drug-likeness (QED) is 0.810. The molecule has 0 spiro atoms. The van der Waals surface area contributed by atoms with Crippen molar-refractivity contribution in [1.82, 2.24) is 15.5 Å². The molecule has 2 heterocycles. The van der Waals surface area contributed by atoms with Gasteiger partial charge < -0.3 is 19.9 Å². The number of methoxy groups -OCH3 is 1. The second-order valence-electron chi connectivity index (χ2n) is 8.08. The average Bonchev–Trinajstić information content (AvgIpc) is 2.78. The third-order valence-corrected chi connectivity index (χ3v) is 5.98. The molecule has 2 N–H and O–H groups in total. The lowest BCUT2D eigenvalue weighted by Gasteiger charge is -2.44. The number of anilines is 1. The highest BCUT2D eigenvalue weighted by Gasteiger charge is 2.41. The van der Waals surface area contributed by atoms with Crippen LogP contribution in [0.3, 0.4) is 0 Å². The van der Waals surface area contributed by atoms with E-state index in [0.29, 0.717) is 25.1 Å². The number of fused-ring (bicyclic) bond motifs is 1. The van der Waals surface area contributed by atoms with Crippen LogP contribution in [0.4, 0.5) is 5.69 Å². The molecule has 158 valence electrons. The Bertz CT molecular complexity index is 911. The maximum atomic E-state index is 13.0. The van der Waals surface area contributed by atoms with Crippen LogP contribution in [0.25, 0.3) is 0 Å². The Hall–Kier alpha value is -3.06. The Morgan fingerprint density at radius 1 is 1.10 bits per heavy atom. The summed E-state index contributed by atoms with van der Waals surface area (Å²) in [6.45, 7) is 1.09. The zero-order chi connectivity index (χ0) is 21.3. The summed E-state index contributed by atoms with van der Waals surface area (Å²) in [7, 11) is 5.57. The molecule has 2 aromatic rings. The average molecular weight is 409 g/mol. The van der Waals surface area contributed by atoms with E-state index in [1.54, 1.807) is 7.11 Å². The first kappa shape index (κ1) is 20.2. The molecular formula is C23H28N4O3. The van der Waals surface area contributed by atoms with Gasteiger partial charge in [0.05, 0.1) is 13.0 Å². The number of rotatable bonds is 4. The number of hydrogen-bond acceptors (Lipinski definition) is 5. The number of benzene rings is 2. The third-order valence-electron chi connectivity index (χ3n) is 5.98. The predicted octanol–water partition coefficient (Wildman–Crippen LogP) is 2.01. The lowest BCUT2D eigenvalue weighted by atomic mass is 9.87. The van der Waals surface area contributed by atoms with Crippen molar-refractivity contribution in [2.24, 2.45) is 5.92 Å². The van der Waals surface area contributed by atoms with Gasteiger partial charge in [-0.25, -0.2) is 0 Å². The molecule has 3 unspecified atom stereocenters. The SMILES string of the molecule is COc1ccc(C2NC(=O)C3CCN(C(=O)c4ccc(N(C)C)cc4)CC3N2)cc1. The van der Waals surface area contributed by atoms with Crippen molar-refractivity contribution in [2.75, 3.05) is 39.2 Å². The Morgan fingerprint density at radius 2 is 1.80 bits per heavy atom. The minimum absolute atomic E-state index is 0.00698. The number of hydrogen-bond donors (Lipinski definition) is 2. The first-order valence-electron chi connectivity index (χ1n) is 10.2. The summed E-state index contributed by atoms with van der Waals surface area (Å²) in [5.41, 5.74) is 2.69. The maximum Gasteiger partial charge on any atom is 0.253 e. The van der Waals surface area contributed by atoms with Crippen molar-refractivity contribution in [1.29, 1.82) is 0 Å². The predicted molar refractivity (Wildman–Crippen MR) is 116 cm³/mol. The second-order valence-corrected chi connectivity index (χ2v) is 8.08. The fourth-order valence-corrected chi connectivity index (χ4v) is 4.18. The molecule has 0 radical (unpaired) electrons. The highest BCUT2D eigenvalue weighted by molar-refractivity contribution is 5.95. The second kappa shape index (κ2) is 8.36. The Morgan fingerprint density at radius 3 is 2.43 bits per heavy atom. The van der Waals surface area contributed by atoms with E-state index < -0.39 is 0 Å². The summed E-state index contributed by atoms with van der Waals surface area (Å²) in [5.74, 6) is 0.697. The van der Waals surface area contributed by atoms with E-state index in [2.05, 4.69) is 10.6 Å². The van der Waals surface area contributed by atoms with Crippen molar-refractivity contribution in [3.8, 4) is 5.75 Å². The number of amides is 2. The molecule has 0 saturated carbocycles. The van der Waals surface area contributed by atoms with E-state index in [9.17, 15) is 9.59 Å². The molecule has 30 heavy (non-hydrogen) atoms. The zero-order valence-corrected chi connectivity index (χ0v) is 17.6. The normalized spacial score (nSPS) is 23.4. The molecule has 3 atom stereocenters. The zero-order valence-electron chi connectivity index (χ0n) is 17.6. The van der Waals surface area contributed by atoms with Crippen molar-refractivity contribution in [3.63, 3.8) is 0 Å². The van der Waals surface area contributed by atoms with E-state index in [-0.39, 0.29) is 29.9 Å². The van der Waals surface area contributed by atoms with Crippen LogP contribution in [0.5, 0.6) is 5.75 Å². The highest BCUT2D eigenvalue weighted by Crippen LogP contribution is 2.27. The van der Waals surface area contributed by atoms with Crippen LogP contribution < -0.4 is 20.3 Å². The van der Waals surface area contributed by atoms with Gasteiger partial charge in [-0.15, -0.1) is 0 Å². The molecular weight excluding hydrogens is 380 g/mol. The van der Waals surface area contributed by atoms with Crippen LogP contribution in [-0.4, -0.2) is 57.1 Å². The number of carbonyl (C=O) groups excluding carboxylic acids is 2. The Kier molecular flexibility index (Phi) is 5.63. The van der Waals surface area contributed by atoms with Crippen LogP contribution in [-0.2, 0) is 4.79 Å². The van der Waals surface area contributed by atoms with Crippen molar-refractivity contribution >= 4 is 17.5 Å².